The third-order valence-electron chi connectivity index (χ3n) is 2.67. The molecule has 1 saturated heterocycles. The average molecular weight is 240 g/mol. The zero-order valence-corrected chi connectivity index (χ0v) is 9.00. The largest absolute Gasteiger partial charge is 0.465 e. The van der Waals surface area contributed by atoms with Crippen molar-refractivity contribution >= 4 is 6.09 Å². The lowest BCUT2D eigenvalue weighted by Gasteiger charge is -2.38. The van der Waals surface area contributed by atoms with Crippen molar-refractivity contribution < 1.29 is 23.1 Å². The van der Waals surface area contributed by atoms with E-state index in [1.54, 1.807) is 11.8 Å². The van der Waals surface area contributed by atoms with Crippen LogP contribution in [0.1, 0.15) is 13.3 Å². The number of hydrogen-bond donors (Lipinski definition) is 1. The maximum atomic E-state index is 12.0. The molecular weight excluding hydrogens is 225 g/mol. The van der Waals surface area contributed by atoms with Crippen LogP contribution in [0.3, 0.4) is 0 Å². The number of nitrogens with zero attached hydrogens (tertiary/aromatic N) is 2. The highest BCUT2D eigenvalue weighted by Gasteiger charge is 2.31. The third-order valence-corrected chi connectivity index (χ3v) is 2.67. The van der Waals surface area contributed by atoms with Crippen LogP contribution in [0.4, 0.5) is 18.0 Å². The molecule has 0 aromatic rings. The molecule has 0 bridgehead atoms. The molecule has 1 aliphatic heterocycles. The third kappa shape index (κ3) is 3.88. The first-order chi connectivity index (χ1) is 7.29. The van der Waals surface area contributed by atoms with Crippen molar-refractivity contribution in [2.75, 3.05) is 26.2 Å². The van der Waals surface area contributed by atoms with E-state index in [1.165, 1.54) is 4.90 Å². The molecule has 1 aliphatic rings. The number of halogens is 3. The Morgan fingerprint density at radius 1 is 1.44 bits per heavy atom. The summed E-state index contributed by atoms with van der Waals surface area (Å²) in [6.07, 6.45) is -6.00. The van der Waals surface area contributed by atoms with Crippen LogP contribution in [0.2, 0.25) is 0 Å². The number of alkyl halides is 3. The van der Waals surface area contributed by atoms with Gasteiger partial charge in [0.1, 0.15) is 0 Å². The minimum absolute atomic E-state index is 0.0543. The molecule has 0 saturated carbocycles. The van der Waals surface area contributed by atoms with Crippen molar-refractivity contribution in [3.63, 3.8) is 0 Å². The predicted molar refractivity (Wildman–Crippen MR) is 51.3 cm³/mol. The molecule has 1 fully saturated rings. The fourth-order valence-corrected chi connectivity index (χ4v) is 1.81. The molecule has 1 rings (SSSR count). The summed E-state index contributed by atoms with van der Waals surface area (Å²) in [6.45, 7) is 2.65. The van der Waals surface area contributed by atoms with Gasteiger partial charge in [-0.05, 0) is 6.92 Å². The van der Waals surface area contributed by atoms with Gasteiger partial charge in [0.05, 0.1) is 6.42 Å². The molecule has 4 nitrogen and oxygen atoms in total. The van der Waals surface area contributed by atoms with Gasteiger partial charge in [0.25, 0.3) is 0 Å². The summed E-state index contributed by atoms with van der Waals surface area (Å²) in [4.78, 5) is 13.6. The van der Waals surface area contributed by atoms with Crippen molar-refractivity contribution in [2.45, 2.75) is 25.6 Å². The van der Waals surface area contributed by atoms with E-state index in [1.807, 2.05) is 0 Å². The number of rotatable bonds is 2. The normalized spacial score (nSPS) is 23.5. The number of carboxylic acid groups (broad SMARTS) is 1. The summed E-state index contributed by atoms with van der Waals surface area (Å²) in [6, 6.07) is -0.250. The van der Waals surface area contributed by atoms with Gasteiger partial charge in [0, 0.05) is 32.2 Å². The van der Waals surface area contributed by atoms with Gasteiger partial charge in [-0.2, -0.15) is 13.2 Å². The predicted octanol–water partition coefficient (Wildman–Crippen LogP) is 1.62. The second-order valence-corrected chi connectivity index (χ2v) is 3.99. The lowest BCUT2D eigenvalue weighted by molar-refractivity contribution is -0.139. The Labute approximate surface area is 91.6 Å². The van der Waals surface area contributed by atoms with Crippen molar-refractivity contribution in [3.05, 3.63) is 0 Å². The quantitative estimate of drug-likeness (QED) is 0.797. The van der Waals surface area contributed by atoms with Gasteiger partial charge in [0.15, 0.2) is 0 Å². The van der Waals surface area contributed by atoms with Gasteiger partial charge < -0.3 is 10.0 Å². The maximum Gasteiger partial charge on any atom is 0.407 e. The zero-order chi connectivity index (χ0) is 12.3. The highest BCUT2D eigenvalue weighted by atomic mass is 19.4. The lowest BCUT2D eigenvalue weighted by atomic mass is 10.2. The van der Waals surface area contributed by atoms with Gasteiger partial charge >= 0.3 is 12.3 Å². The van der Waals surface area contributed by atoms with Crippen LogP contribution in [-0.4, -0.2) is 59.4 Å². The Hall–Kier alpha value is -0.980. The fourth-order valence-electron chi connectivity index (χ4n) is 1.81. The molecule has 16 heavy (non-hydrogen) atoms. The highest BCUT2D eigenvalue weighted by Crippen LogP contribution is 2.20. The van der Waals surface area contributed by atoms with Gasteiger partial charge in [-0.25, -0.2) is 4.79 Å². The summed E-state index contributed by atoms with van der Waals surface area (Å²) in [5.74, 6) is 0. The SMILES string of the molecule is C[C@H]1CN(CCC(F)(F)F)CCN1C(=O)O. The van der Waals surface area contributed by atoms with E-state index in [9.17, 15) is 18.0 Å². The zero-order valence-electron chi connectivity index (χ0n) is 9.00. The number of hydrogen-bond acceptors (Lipinski definition) is 2. The summed E-state index contributed by atoms with van der Waals surface area (Å²) >= 11 is 0. The minimum atomic E-state index is -4.15. The standard InChI is InChI=1S/C9H15F3N2O2/c1-7-6-13(3-2-9(10,11)12)4-5-14(7)8(15)16/h7H,2-6H2,1H3,(H,15,16)/t7-/m0/s1. The molecule has 1 amide bonds. The van der Waals surface area contributed by atoms with Gasteiger partial charge in [-0.3, -0.25) is 4.90 Å². The fraction of sp³-hybridized carbons (Fsp3) is 0.889. The van der Waals surface area contributed by atoms with Gasteiger partial charge in [0.2, 0.25) is 0 Å². The van der Waals surface area contributed by atoms with Crippen LogP contribution in [0.5, 0.6) is 0 Å². The van der Waals surface area contributed by atoms with Gasteiger partial charge in [-0.15, -0.1) is 0 Å². The Morgan fingerprint density at radius 3 is 2.50 bits per heavy atom. The molecule has 1 heterocycles. The number of amides is 1. The van der Waals surface area contributed by atoms with E-state index in [-0.39, 0.29) is 19.1 Å². The Morgan fingerprint density at radius 2 is 2.06 bits per heavy atom. The van der Waals surface area contributed by atoms with Crippen LogP contribution in [0.15, 0.2) is 0 Å². The minimum Gasteiger partial charge on any atom is -0.465 e. The maximum absolute atomic E-state index is 12.0. The first-order valence-corrected chi connectivity index (χ1v) is 5.08. The molecule has 7 heteroatoms. The van der Waals surface area contributed by atoms with Crippen molar-refractivity contribution in [1.29, 1.82) is 0 Å². The molecule has 0 aromatic carbocycles. The van der Waals surface area contributed by atoms with E-state index >= 15 is 0 Å². The molecule has 0 unspecified atom stereocenters. The van der Waals surface area contributed by atoms with E-state index in [0.29, 0.717) is 13.1 Å². The summed E-state index contributed by atoms with van der Waals surface area (Å²) in [5.41, 5.74) is 0. The molecule has 0 aromatic heterocycles. The van der Waals surface area contributed by atoms with Crippen molar-refractivity contribution in [3.8, 4) is 0 Å². The average Bonchev–Trinajstić information content (AvgIpc) is 2.13. The van der Waals surface area contributed by atoms with Gasteiger partial charge in [-0.1, -0.05) is 0 Å². The lowest BCUT2D eigenvalue weighted by Crippen LogP contribution is -2.53. The molecular formula is C9H15F3N2O2. The first kappa shape index (κ1) is 13.1. The van der Waals surface area contributed by atoms with Crippen LogP contribution in [-0.2, 0) is 0 Å². The van der Waals surface area contributed by atoms with Crippen molar-refractivity contribution in [1.82, 2.24) is 9.80 Å². The number of carbonyl (C=O) groups is 1. The summed E-state index contributed by atoms with van der Waals surface area (Å²) in [5, 5.41) is 8.78. The van der Waals surface area contributed by atoms with E-state index in [0.717, 1.165) is 0 Å². The highest BCUT2D eigenvalue weighted by molar-refractivity contribution is 5.65. The topological polar surface area (TPSA) is 43.8 Å². The second-order valence-electron chi connectivity index (χ2n) is 3.99. The molecule has 1 atom stereocenters. The number of piperazine rings is 1. The van der Waals surface area contributed by atoms with Crippen LogP contribution < -0.4 is 0 Å². The molecule has 0 spiro atoms. The monoisotopic (exact) mass is 240 g/mol. The Kier molecular flexibility index (Phi) is 4.01. The van der Waals surface area contributed by atoms with Crippen LogP contribution >= 0.6 is 0 Å². The van der Waals surface area contributed by atoms with Crippen molar-refractivity contribution in [2.24, 2.45) is 0 Å². The summed E-state index contributed by atoms with van der Waals surface area (Å²) < 4.78 is 35.9. The van der Waals surface area contributed by atoms with E-state index in [4.69, 9.17) is 5.11 Å². The second kappa shape index (κ2) is 4.90. The van der Waals surface area contributed by atoms with E-state index in [2.05, 4.69) is 0 Å². The molecule has 0 aliphatic carbocycles. The van der Waals surface area contributed by atoms with Crippen LogP contribution in [0.25, 0.3) is 0 Å². The Balaban J connectivity index is 2.37. The van der Waals surface area contributed by atoms with E-state index < -0.39 is 18.7 Å². The molecule has 94 valence electrons. The smallest absolute Gasteiger partial charge is 0.407 e. The van der Waals surface area contributed by atoms with Crippen LogP contribution in [0, 0.1) is 0 Å². The molecule has 1 N–H and O–H groups in total. The summed E-state index contributed by atoms with van der Waals surface area (Å²) in [7, 11) is 0. The molecule has 0 radical (unpaired) electrons. The Bertz CT molecular complexity index is 258. The first-order valence-electron chi connectivity index (χ1n) is 5.08.